The second-order valence-corrected chi connectivity index (χ2v) is 8.07. The van der Waals surface area contributed by atoms with Crippen LogP contribution in [0.1, 0.15) is 24.9 Å². The van der Waals surface area contributed by atoms with E-state index in [0.29, 0.717) is 0 Å². The van der Waals surface area contributed by atoms with Crippen molar-refractivity contribution >= 4 is 15.7 Å². The summed E-state index contributed by atoms with van der Waals surface area (Å²) in [7, 11) is -1.58. The highest BCUT2D eigenvalue weighted by Gasteiger charge is 2.18. The first-order valence-electron chi connectivity index (χ1n) is 8.13. The van der Waals surface area contributed by atoms with E-state index in [2.05, 4.69) is 0 Å². The van der Waals surface area contributed by atoms with Gasteiger partial charge in [-0.3, -0.25) is 4.79 Å². The highest BCUT2D eigenvalue weighted by atomic mass is 32.2. The highest BCUT2D eigenvalue weighted by molar-refractivity contribution is 7.90. The van der Waals surface area contributed by atoms with E-state index in [4.69, 9.17) is 4.74 Å². The minimum absolute atomic E-state index is 0.0733. The Balaban J connectivity index is 1.93. The molecule has 0 spiro atoms. The number of carbonyl (C=O) groups excluding carboxylic acids is 1. The Morgan fingerprint density at radius 3 is 2.35 bits per heavy atom. The zero-order valence-corrected chi connectivity index (χ0v) is 15.8. The van der Waals surface area contributed by atoms with Crippen molar-refractivity contribution in [1.29, 1.82) is 0 Å². The Morgan fingerprint density at radius 1 is 1.15 bits per heavy atom. The third kappa shape index (κ3) is 5.05. The van der Waals surface area contributed by atoms with E-state index in [1.807, 2.05) is 6.92 Å². The van der Waals surface area contributed by atoms with Crippen molar-refractivity contribution in [3.8, 4) is 5.75 Å². The smallest absolute Gasteiger partial charge is 0.226 e. The van der Waals surface area contributed by atoms with Crippen molar-refractivity contribution in [3.63, 3.8) is 0 Å². The van der Waals surface area contributed by atoms with Crippen molar-refractivity contribution < 1.29 is 22.3 Å². The van der Waals surface area contributed by atoms with Crippen LogP contribution in [-0.2, 0) is 14.6 Å². The summed E-state index contributed by atoms with van der Waals surface area (Å²) in [6.45, 7) is 1.93. The molecular formula is C19H22FNO4S. The Bertz CT molecular complexity index is 865. The zero-order chi connectivity index (χ0) is 19.3. The molecule has 0 aliphatic rings. The van der Waals surface area contributed by atoms with Crippen LogP contribution in [0.15, 0.2) is 53.4 Å². The Morgan fingerprint density at radius 2 is 1.77 bits per heavy atom. The summed E-state index contributed by atoms with van der Waals surface area (Å²) in [5.41, 5.74) is 0.822. The Hall–Kier alpha value is -2.41. The first-order valence-corrected chi connectivity index (χ1v) is 10.0. The molecule has 0 bridgehead atoms. The average molecular weight is 379 g/mol. The number of ether oxygens (including phenoxy) is 1. The normalized spacial score (nSPS) is 12.5. The van der Waals surface area contributed by atoms with Crippen molar-refractivity contribution in [1.82, 2.24) is 4.90 Å². The SMILES string of the molecule is CC(c1ccc(S(C)(=O)=O)cc1)N(C)C(=O)CCOc1ccccc1F. The molecule has 5 nitrogen and oxygen atoms in total. The molecule has 0 radical (unpaired) electrons. The van der Waals surface area contributed by atoms with Gasteiger partial charge in [0.25, 0.3) is 0 Å². The van der Waals surface area contributed by atoms with Gasteiger partial charge in [0, 0.05) is 13.3 Å². The van der Waals surface area contributed by atoms with Crippen molar-refractivity contribution in [3.05, 3.63) is 59.9 Å². The van der Waals surface area contributed by atoms with Gasteiger partial charge in [0.05, 0.1) is 24.0 Å². The molecule has 1 amide bonds. The third-order valence-electron chi connectivity index (χ3n) is 4.18. The molecule has 2 rings (SSSR count). The molecule has 0 aromatic heterocycles. The fourth-order valence-corrected chi connectivity index (χ4v) is 3.05. The van der Waals surface area contributed by atoms with Crippen molar-refractivity contribution in [2.75, 3.05) is 19.9 Å². The monoisotopic (exact) mass is 379 g/mol. The summed E-state index contributed by atoms with van der Waals surface area (Å²) < 4.78 is 41.8. The van der Waals surface area contributed by atoms with Gasteiger partial charge in [-0.05, 0) is 36.8 Å². The number of benzene rings is 2. The number of nitrogens with zero attached hydrogens (tertiary/aromatic N) is 1. The molecule has 1 unspecified atom stereocenters. The summed E-state index contributed by atoms with van der Waals surface area (Å²) in [6.07, 6.45) is 1.26. The van der Waals surface area contributed by atoms with Crippen LogP contribution in [0.5, 0.6) is 5.75 Å². The van der Waals surface area contributed by atoms with E-state index in [-0.39, 0.29) is 35.6 Å². The van der Waals surface area contributed by atoms with Crippen LogP contribution in [0.2, 0.25) is 0 Å². The van der Waals surface area contributed by atoms with Gasteiger partial charge in [-0.15, -0.1) is 0 Å². The fourth-order valence-electron chi connectivity index (χ4n) is 2.42. The zero-order valence-electron chi connectivity index (χ0n) is 15.0. The molecule has 0 saturated carbocycles. The van der Waals surface area contributed by atoms with E-state index >= 15 is 0 Å². The lowest BCUT2D eigenvalue weighted by atomic mass is 10.1. The molecule has 2 aromatic carbocycles. The quantitative estimate of drug-likeness (QED) is 0.741. The fraction of sp³-hybridized carbons (Fsp3) is 0.316. The van der Waals surface area contributed by atoms with Gasteiger partial charge in [0.2, 0.25) is 5.91 Å². The predicted octanol–water partition coefficient (Wildman–Crippen LogP) is 3.22. The van der Waals surface area contributed by atoms with Crippen LogP contribution >= 0.6 is 0 Å². The summed E-state index contributed by atoms with van der Waals surface area (Å²) in [4.78, 5) is 14.1. The molecule has 7 heteroatoms. The largest absolute Gasteiger partial charge is 0.490 e. The summed E-state index contributed by atoms with van der Waals surface area (Å²) in [6, 6.07) is 12.3. The summed E-state index contributed by atoms with van der Waals surface area (Å²) in [5.74, 6) is -0.499. The number of amides is 1. The summed E-state index contributed by atoms with van der Waals surface area (Å²) in [5, 5.41) is 0. The van der Waals surface area contributed by atoms with Crippen molar-refractivity contribution in [2.24, 2.45) is 0 Å². The van der Waals surface area contributed by atoms with Crippen molar-refractivity contribution in [2.45, 2.75) is 24.3 Å². The van der Waals surface area contributed by atoms with Gasteiger partial charge in [0.1, 0.15) is 0 Å². The van der Waals surface area contributed by atoms with Gasteiger partial charge in [-0.25, -0.2) is 12.8 Å². The molecule has 0 heterocycles. The third-order valence-corrected chi connectivity index (χ3v) is 5.30. The molecule has 140 valence electrons. The maximum Gasteiger partial charge on any atom is 0.226 e. The molecule has 0 aliphatic carbocycles. The molecule has 0 saturated heterocycles. The number of carbonyl (C=O) groups is 1. The number of rotatable bonds is 7. The van der Waals surface area contributed by atoms with Gasteiger partial charge < -0.3 is 9.64 Å². The Kier molecular flexibility index (Phi) is 6.37. The molecule has 0 fully saturated rings. The standard InChI is InChI=1S/C19H22FNO4S/c1-14(15-8-10-16(11-9-15)26(3,23)24)21(2)19(22)12-13-25-18-7-5-4-6-17(18)20/h4-11,14H,12-13H2,1-3H3. The van der Waals surface area contributed by atoms with Crippen LogP contribution in [0.4, 0.5) is 4.39 Å². The molecule has 2 aromatic rings. The topological polar surface area (TPSA) is 63.7 Å². The van der Waals surface area contributed by atoms with Gasteiger partial charge >= 0.3 is 0 Å². The van der Waals surface area contributed by atoms with Crippen LogP contribution in [-0.4, -0.2) is 39.1 Å². The molecular weight excluding hydrogens is 357 g/mol. The van der Waals surface area contributed by atoms with Crippen LogP contribution < -0.4 is 4.74 Å². The second kappa shape index (κ2) is 8.31. The van der Waals surface area contributed by atoms with E-state index in [1.165, 1.54) is 24.3 Å². The maximum absolute atomic E-state index is 13.5. The lowest BCUT2D eigenvalue weighted by Crippen LogP contribution is -2.30. The van der Waals surface area contributed by atoms with Crippen LogP contribution in [0, 0.1) is 5.82 Å². The van der Waals surface area contributed by atoms with E-state index < -0.39 is 15.7 Å². The predicted molar refractivity (Wildman–Crippen MR) is 97.2 cm³/mol. The van der Waals surface area contributed by atoms with E-state index in [1.54, 1.807) is 36.2 Å². The van der Waals surface area contributed by atoms with Gasteiger partial charge in [-0.2, -0.15) is 0 Å². The first kappa shape index (κ1) is 19.9. The highest BCUT2D eigenvalue weighted by Crippen LogP contribution is 2.22. The number of para-hydroxylation sites is 1. The molecule has 26 heavy (non-hydrogen) atoms. The lowest BCUT2D eigenvalue weighted by molar-refractivity contribution is -0.132. The number of halogens is 1. The minimum atomic E-state index is -3.25. The van der Waals surface area contributed by atoms with Gasteiger partial charge in [-0.1, -0.05) is 24.3 Å². The molecule has 1 atom stereocenters. The molecule has 0 N–H and O–H groups in total. The number of hydrogen-bond donors (Lipinski definition) is 0. The maximum atomic E-state index is 13.5. The van der Waals surface area contributed by atoms with E-state index in [0.717, 1.165) is 11.8 Å². The van der Waals surface area contributed by atoms with Crippen LogP contribution in [0.3, 0.4) is 0 Å². The van der Waals surface area contributed by atoms with E-state index in [9.17, 15) is 17.6 Å². The average Bonchev–Trinajstić information content (AvgIpc) is 2.61. The first-order chi connectivity index (χ1) is 12.2. The van der Waals surface area contributed by atoms with Gasteiger partial charge in [0.15, 0.2) is 21.4 Å². The minimum Gasteiger partial charge on any atom is -0.490 e. The lowest BCUT2D eigenvalue weighted by Gasteiger charge is -2.25. The summed E-state index contributed by atoms with van der Waals surface area (Å²) >= 11 is 0. The number of sulfone groups is 1. The van der Waals surface area contributed by atoms with Crippen LogP contribution in [0.25, 0.3) is 0 Å². The Labute approximate surface area is 153 Å². The number of hydrogen-bond acceptors (Lipinski definition) is 4. The molecule has 0 aliphatic heterocycles. The second-order valence-electron chi connectivity index (χ2n) is 6.05.